The van der Waals surface area contributed by atoms with Crippen molar-refractivity contribution in [1.29, 1.82) is 0 Å². The zero-order valence-electron chi connectivity index (χ0n) is 16.1. The Labute approximate surface area is 165 Å². The highest BCUT2D eigenvalue weighted by molar-refractivity contribution is 7.89. The molecule has 2 aromatic carbocycles. The van der Waals surface area contributed by atoms with E-state index in [-0.39, 0.29) is 6.10 Å². The zero-order valence-corrected chi connectivity index (χ0v) is 16.9. The fraction of sp³-hybridized carbons (Fsp3) is 0.273. The fourth-order valence-corrected chi connectivity index (χ4v) is 4.94. The van der Waals surface area contributed by atoms with Crippen molar-refractivity contribution in [3.63, 3.8) is 0 Å². The molecule has 0 amide bonds. The Morgan fingerprint density at radius 1 is 1.07 bits per heavy atom. The molecule has 146 valence electrons. The van der Waals surface area contributed by atoms with Gasteiger partial charge >= 0.3 is 0 Å². The second kappa shape index (κ2) is 7.45. The maximum Gasteiger partial charge on any atom is 0.243 e. The Morgan fingerprint density at radius 3 is 2.50 bits per heavy atom. The van der Waals surface area contributed by atoms with Crippen molar-refractivity contribution in [2.75, 3.05) is 13.1 Å². The molecule has 5 nitrogen and oxygen atoms in total. The van der Waals surface area contributed by atoms with Gasteiger partial charge in [-0.2, -0.15) is 4.31 Å². The largest absolute Gasteiger partial charge is 0.491 e. The van der Waals surface area contributed by atoms with Crippen LogP contribution in [0, 0.1) is 0 Å². The summed E-state index contributed by atoms with van der Waals surface area (Å²) in [6.07, 6.45) is 4.77. The molecule has 0 unspecified atom stereocenters. The Balaban J connectivity index is 1.53. The van der Waals surface area contributed by atoms with Gasteiger partial charge in [0.2, 0.25) is 10.0 Å². The number of sulfonamides is 1. The van der Waals surface area contributed by atoms with Gasteiger partial charge in [0.15, 0.2) is 0 Å². The van der Waals surface area contributed by atoms with Crippen LogP contribution >= 0.6 is 0 Å². The molecule has 1 aromatic heterocycles. The topological polar surface area (TPSA) is 62.4 Å². The molecule has 0 aliphatic carbocycles. The number of nitrogens with zero attached hydrogens (tertiary/aromatic N) is 1. The zero-order chi connectivity index (χ0) is 19.7. The lowest BCUT2D eigenvalue weighted by Crippen LogP contribution is -2.34. The van der Waals surface area contributed by atoms with E-state index in [1.807, 2.05) is 44.3 Å². The predicted octanol–water partition coefficient (Wildman–Crippen LogP) is 4.43. The number of aromatic nitrogens is 1. The molecule has 0 saturated carbocycles. The van der Waals surface area contributed by atoms with E-state index < -0.39 is 10.0 Å². The Kier molecular flexibility index (Phi) is 5.00. The average molecular weight is 397 g/mol. The minimum atomic E-state index is -3.52. The second-order valence-electron chi connectivity index (χ2n) is 7.23. The van der Waals surface area contributed by atoms with Gasteiger partial charge in [0.25, 0.3) is 0 Å². The van der Waals surface area contributed by atoms with Crippen LogP contribution in [0.5, 0.6) is 5.75 Å². The van der Waals surface area contributed by atoms with Gasteiger partial charge < -0.3 is 9.72 Å². The molecular weight excluding hydrogens is 372 g/mol. The molecule has 0 fully saturated rings. The van der Waals surface area contributed by atoms with Crippen LogP contribution in [0.25, 0.3) is 16.5 Å². The highest BCUT2D eigenvalue weighted by atomic mass is 32.2. The fourth-order valence-electron chi connectivity index (χ4n) is 3.56. The van der Waals surface area contributed by atoms with E-state index in [0.717, 1.165) is 11.1 Å². The van der Waals surface area contributed by atoms with Crippen LogP contribution in [0.4, 0.5) is 0 Å². The number of nitrogens with one attached hydrogen (secondary N) is 1. The number of H-pyrrole nitrogens is 1. The summed E-state index contributed by atoms with van der Waals surface area (Å²) in [5.74, 6) is 0.675. The third-order valence-electron chi connectivity index (χ3n) is 4.94. The summed E-state index contributed by atoms with van der Waals surface area (Å²) in [6, 6.07) is 14.8. The minimum absolute atomic E-state index is 0.0534. The first kappa shape index (κ1) is 18.8. The maximum absolute atomic E-state index is 13.0. The lowest BCUT2D eigenvalue weighted by molar-refractivity contribution is 0.242. The number of hydrogen-bond donors (Lipinski definition) is 1. The van der Waals surface area contributed by atoms with Crippen molar-refractivity contribution in [3.8, 4) is 5.75 Å². The Hall–Kier alpha value is -2.57. The molecule has 0 atom stereocenters. The van der Waals surface area contributed by atoms with Gasteiger partial charge in [-0.1, -0.05) is 24.3 Å². The first-order chi connectivity index (χ1) is 13.4. The molecule has 0 bridgehead atoms. The third kappa shape index (κ3) is 3.57. The maximum atomic E-state index is 13.0. The Bertz CT molecular complexity index is 1110. The molecule has 0 saturated heterocycles. The van der Waals surface area contributed by atoms with Gasteiger partial charge in [0.05, 0.1) is 11.0 Å². The molecule has 28 heavy (non-hydrogen) atoms. The van der Waals surface area contributed by atoms with Gasteiger partial charge in [-0.05, 0) is 56.2 Å². The number of aromatic amines is 1. The van der Waals surface area contributed by atoms with Crippen molar-refractivity contribution in [2.45, 2.75) is 31.3 Å². The summed E-state index contributed by atoms with van der Waals surface area (Å²) >= 11 is 0. The van der Waals surface area contributed by atoms with Gasteiger partial charge in [-0.15, -0.1) is 0 Å². The van der Waals surface area contributed by atoms with E-state index in [9.17, 15) is 8.42 Å². The standard InChI is InChI=1S/C22H24N2O3S/c1-16(2)27-18-7-9-19(10-8-18)28(25,26)24-13-11-17(12-14-24)21-15-23-22-6-4-3-5-20(21)22/h3-11,15-16,23H,12-14H2,1-2H3. The van der Waals surface area contributed by atoms with E-state index in [1.165, 1.54) is 15.3 Å². The summed E-state index contributed by atoms with van der Waals surface area (Å²) in [7, 11) is -3.52. The van der Waals surface area contributed by atoms with E-state index in [4.69, 9.17) is 4.74 Å². The highest BCUT2D eigenvalue weighted by Gasteiger charge is 2.27. The Morgan fingerprint density at radius 2 is 1.82 bits per heavy atom. The number of benzene rings is 2. The monoisotopic (exact) mass is 396 g/mol. The van der Waals surface area contributed by atoms with Crippen molar-refractivity contribution >= 4 is 26.5 Å². The van der Waals surface area contributed by atoms with Crippen molar-refractivity contribution < 1.29 is 13.2 Å². The van der Waals surface area contributed by atoms with Crippen LogP contribution in [-0.4, -0.2) is 36.9 Å². The highest BCUT2D eigenvalue weighted by Crippen LogP contribution is 2.31. The number of hydrogen-bond acceptors (Lipinski definition) is 3. The van der Waals surface area contributed by atoms with Crippen LogP contribution in [-0.2, 0) is 10.0 Å². The molecule has 2 heterocycles. The van der Waals surface area contributed by atoms with Crippen LogP contribution in [0.3, 0.4) is 0 Å². The number of ether oxygens (including phenoxy) is 1. The lowest BCUT2D eigenvalue weighted by Gasteiger charge is -2.26. The molecule has 4 rings (SSSR count). The van der Waals surface area contributed by atoms with Crippen molar-refractivity contribution in [1.82, 2.24) is 9.29 Å². The van der Waals surface area contributed by atoms with Crippen LogP contribution < -0.4 is 4.74 Å². The number of para-hydroxylation sites is 1. The van der Waals surface area contributed by atoms with Crippen LogP contribution in [0.15, 0.2) is 65.7 Å². The summed E-state index contributed by atoms with van der Waals surface area (Å²) in [4.78, 5) is 3.59. The van der Waals surface area contributed by atoms with Gasteiger partial charge in [-0.3, -0.25) is 0 Å². The SMILES string of the molecule is CC(C)Oc1ccc(S(=O)(=O)N2CC=C(c3c[nH]c4ccccc34)CC2)cc1. The predicted molar refractivity (Wildman–Crippen MR) is 112 cm³/mol. The van der Waals surface area contributed by atoms with Gasteiger partial charge in [-0.25, -0.2) is 8.42 Å². The van der Waals surface area contributed by atoms with Gasteiger partial charge in [0, 0.05) is 35.8 Å². The molecule has 1 aliphatic rings. The molecular formula is C22H24N2O3S. The number of fused-ring (bicyclic) bond motifs is 1. The van der Waals surface area contributed by atoms with Gasteiger partial charge in [0.1, 0.15) is 5.75 Å². The molecule has 0 spiro atoms. The molecule has 6 heteroatoms. The minimum Gasteiger partial charge on any atom is -0.491 e. The molecule has 1 N–H and O–H groups in total. The summed E-state index contributed by atoms with van der Waals surface area (Å²) in [6.45, 7) is 4.73. The second-order valence-corrected chi connectivity index (χ2v) is 9.17. The lowest BCUT2D eigenvalue weighted by atomic mass is 10.00. The summed E-state index contributed by atoms with van der Waals surface area (Å²) < 4.78 is 33.1. The van der Waals surface area contributed by atoms with E-state index in [2.05, 4.69) is 11.1 Å². The first-order valence-electron chi connectivity index (χ1n) is 9.47. The average Bonchev–Trinajstić information content (AvgIpc) is 3.12. The third-order valence-corrected chi connectivity index (χ3v) is 6.82. The molecule has 1 aliphatic heterocycles. The smallest absolute Gasteiger partial charge is 0.243 e. The first-order valence-corrected chi connectivity index (χ1v) is 10.9. The quantitative estimate of drug-likeness (QED) is 0.694. The molecule has 3 aromatic rings. The van der Waals surface area contributed by atoms with E-state index in [0.29, 0.717) is 30.2 Å². The van der Waals surface area contributed by atoms with E-state index in [1.54, 1.807) is 24.3 Å². The van der Waals surface area contributed by atoms with E-state index >= 15 is 0 Å². The summed E-state index contributed by atoms with van der Waals surface area (Å²) in [5, 5.41) is 1.17. The number of rotatable bonds is 5. The normalized spacial score (nSPS) is 15.8. The van der Waals surface area contributed by atoms with Crippen LogP contribution in [0.1, 0.15) is 25.8 Å². The van der Waals surface area contributed by atoms with Crippen LogP contribution in [0.2, 0.25) is 0 Å². The van der Waals surface area contributed by atoms with Crippen molar-refractivity contribution in [2.24, 2.45) is 0 Å². The van der Waals surface area contributed by atoms with Crippen molar-refractivity contribution in [3.05, 3.63) is 66.4 Å². The summed E-state index contributed by atoms with van der Waals surface area (Å²) in [5.41, 5.74) is 3.43. The molecule has 0 radical (unpaired) electrons.